The highest BCUT2D eigenvalue weighted by Gasteiger charge is 2.24. The largest absolute Gasteiger partial charge is 0.371 e. The van der Waals surface area contributed by atoms with Gasteiger partial charge in [0, 0.05) is 40.2 Å². The van der Waals surface area contributed by atoms with Gasteiger partial charge in [-0.15, -0.1) is 0 Å². The van der Waals surface area contributed by atoms with Gasteiger partial charge in [-0.25, -0.2) is 0 Å². The summed E-state index contributed by atoms with van der Waals surface area (Å²) in [4.78, 5) is 14.6. The summed E-state index contributed by atoms with van der Waals surface area (Å²) in [6.45, 7) is 15.5. The molecule has 1 fully saturated rings. The Balaban J connectivity index is 1.62. The SMILES string of the molecule is C=C(CNC(=O)Cc1ccccc1)Nc1ccc(Br)cc1C(=C)N1C[C@H](C)C[C@H](C)C1. The van der Waals surface area contributed by atoms with Crippen LogP contribution in [0.15, 0.2) is 71.9 Å². The minimum atomic E-state index is -0.0223. The molecule has 5 heteroatoms. The number of amides is 1. The van der Waals surface area contributed by atoms with E-state index >= 15 is 0 Å². The summed E-state index contributed by atoms with van der Waals surface area (Å²) in [6, 6.07) is 15.9. The number of nitrogens with zero attached hydrogens (tertiary/aromatic N) is 1. The standard InChI is InChI=1S/C26H32BrN3O/c1-18-12-19(2)17-30(16-18)21(4)24-14-23(27)10-11-25(24)29-20(3)15-28-26(31)13-22-8-6-5-7-9-22/h5-11,14,18-19,29H,3-4,12-13,15-17H2,1-2H3,(H,28,31)/t18-,19+. The fraction of sp³-hybridized carbons (Fsp3) is 0.346. The first kappa shape index (κ1) is 23.1. The molecule has 2 atom stereocenters. The van der Waals surface area contributed by atoms with E-state index in [0.29, 0.717) is 24.8 Å². The molecule has 2 aromatic carbocycles. The maximum atomic E-state index is 12.3. The van der Waals surface area contributed by atoms with Crippen LogP contribution in [-0.2, 0) is 11.2 Å². The Bertz CT molecular complexity index is 931. The fourth-order valence-corrected chi connectivity index (χ4v) is 4.56. The highest BCUT2D eigenvalue weighted by atomic mass is 79.9. The maximum absolute atomic E-state index is 12.3. The smallest absolute Gasteiger partial charge is 0.224 e. The molecule has 0 bridgehead atoms. The number of carbonyl (C=O) groups is 1. The first-order valence-corrected chi connectivity index (χ1v) is 11.6. The van der Waals surface area contributed by atoms with Crippen molar-refractivity contribution >= 4 is 33.2 Å². The molecule has 0 aliphatic carbocycles. The van der Waals surface area contributed by atoms with E-state index in [1.54, 1.807) is 0 Å². The van der Waals surface area contributed by atoms with Gasteiger partial charge in [0.05, 0.1) is 13.0 Å². The number of anilines is 1. The minimum absolute atomic E-state index is 0.0223. The first-order valence-electron chi connectivity index (χ1n) is 10.8. The lowest BCUT2D eigenvalue weighted by molar-refractivity contribution is -0.120. The Kier molecular flexibility index (Phi) is 7.97. The van der Waals surface area contributed by atoms with E-state index in [4.69, 9.17) is 0 Å². The van der Waals surface area contributed by atoms with E-state index in [1.165, 1.54) is 6.42 Å². The van der Waals surface area contributed by atoms with Crippen LogP contribution >= 0.6 is 15.9 Å². The summed E-state index contributed by atoms with van der Waals surface area (Å²) in [5.41, 5.74) is 4.74. The Morgan fingerprint density at radius 1 is 1.10 bits per heavy atom. The molecular formula is C26H32BrN3O. The van der Waals surface area contributed by atoms with E-state index in [0.717, 1.165) is 45.8 Å². The van der Waals surface area contributed by atoms with Crippen molar-refractivity contribution in [3.8, 4) is 0 Å². The molecule has 0 spiro atoms. The second kappa shape index (κ2) is 10.7. The lowest BCUT2D eigenvalue weighted by atomic mass is 9.91. The highest BCUT2D eigenvalue weighted by molar-refractivity contribution is 9.10. The Morgan fingerprint density at radius 2 is 1.77 bits per heavy atom. The summed E-state index contributed by atoms with van der Waals surface area (Å²) < 4.78 is 1.01. The summed E-state index contributed by atoms with van der Waals surface area (Å²) in [6.07, 6.45) is 1.62. The average Bonchev–Trinajstić information content (AvgIpc) is 2.73. The zero-order valence-electron chi connectivity index (χ0n) is 18.5. The predicted octanol–water partition coefficient (Wildman–Crippen LogP) is 5.68. The van der Waals surface area contributed by atoms with Gasteiger partial charge in [-0.3, -0.25) is 4.79 Å². The summed E-state index contributed by atoms with van der Waals surface area (Å²) >= 11 is 3.59. The van der Waals surface area contributed by atoms with Crippen molar-refractivity contribution in [2.75, 3.05) is 25.0 Å². The van der Waals surface area contributed by atoms with Crippen LogP contribution in [0.2, 0.25) is 0 Å². The van der Waals surface area contributed by atoms with Crippen LogP contribution < -0.4 is 10.6 Å². The average molecular weight is 482 g/mol. The lowest BCUT2D eigenvalue weighted by Crippen LogP contribution is -2.37. The van der Waals surface area contributed by atoms with Crippen LogP contribution in [0.1, 0.15) is 31.4 Å². The fourth-order valence-electron chi connectivity index (χ4n) is 4.20. The van der Waals surface area contributed by atoms with Gasteiger partial charge in [0.15, 0.2) is 0 Å². The molecule has 1 heterocycles. The van der Waals surface area contributed by atoms with E-state index < -0.39 is 0 Å². The van der Waals surface area contributed by atoms with Gasteiger partial charge in [0.25, 0.3) is 0 Å². The minimum Gasteiger partial charge on any atom is -0.371 e. The molecule has 0 unspecified atom stereocenters. The molecule has 0 aromatic heterocycles. The molecule has 2 N–H and O–H groups in total. The second-order valence-electron chi connectivity index (χ2n) is 8.66. The molecular weight excluding hydrogens is 450 g/mol. The quantitative estimate of drug-likeness (QED) is 0.509. The van der Waals surface area contributed by atoms with Crippen molar-refractivity contribution < 1.29 is 4.79 Å². The van der Waals surface area contributed by atoms with Crippen LogP contribution in [0, 0.1) is 11.8 Å². The Morgan fingerprint density at radius 3 is 2.45 bits per heavy atom. The van der Waals surface area contributed by atoms with Crippen LogP contribution in [0.25, 0.3) is 5.70 Å². The van der Waals surface area contributed by atoms with Gasteiger partial charge in [0.1, 0.15) is 0 Å². The van der Waals surface area contributed by atoms with Gasteiger partial charge >= 0.3 is 0 Å². The van der Waals surface area contributed by atoms with Crippen molar-refractivity contribution in [1.82, 2.24) is 10.2 Å². The zero-order valence-corrected chi connectivity index (χ0v) is 20.0. The Labute approximate surface area is 194 Å². The number of hydrogen-bond acceptors (Lipinski definition) is 3. The van der Waals surface area contributed by atoms with Crippen LogP contribution in [0.5, 0.6) is 0 Å². The number of likely N-dealkylation sites (tertiary alicyclic amines) is 1. The predicted molar refractivity (Wildman–Crippen MR) is 134 cm³/mol. The topological polar surface area (TPSA) is 44.4 Å². The summed E-state index contributed by atoms with van der Waals surface area (Å²) in [5.74, 6) is 1.28. The lowest BCUT2D eigenvalue weighted by Gasteiger charge is -2.38. The van der Waals surface area contributed by atoms with E-state index in [1.807, 2.05) is 42.5 Å². The van der Waals surface area contributed by atoms with Gasteiger partial charge in [-0.2, -0.15) is 0 Å². The molecule has 1 saturated heterocycles. The number of nitrogens with one attached hydrogen (secondary N) is 2. The number of rotatable bonds is 8. The normalized spacial score (nSPS) is 18.4. The molecule has 1 amide bonds. The van der Waals surface area contributed by atoms with Gasteiger partial charge in [-0.05, 0) is 42.0 Å². The molecule has 0 saturated carbocycles. The maximum Gasteiger partial charge on any atom is 0.224 e. The number of hydrogen-bond donors (Lipinski definition) is 2. The zero-order chi connectivity index (χ0) is 22.4. The van der Waals surface area contributed by atoms with Crippen molar-refractivity contribution in [2.45, 2.75) is 26.7 Å². The number of piperidine rings is 1. The van der Waals surface area contributed by atoms with Gasteiger partial charge < -0.3 is 15.5 Å². The third-order valence-electron chi connectivity index (χ3n) is 5.56. The second-order valence-corrected chi connectivity index (χ2v) is 9.57. The Hall–Kier alpha value is -2.53. The summed E-state index contributed by atoms with van der Waals surface area (Å²) in [5, 5.41) is 6.32. The third kappa shape index (κ3) is 6.73. The van der Waals surface area contributed by atoms with Gasteiger partial charge in [0.2, 0.25) is 5.91 Å². The molecule has 1 aliphatic rings. The molecule has 3 rings (SSSR count). The monoisotopic (exact) mass is 481 g/mol. The van der Waals surface area contributed by atoms with Crippen LogP contribution in [0.3, 0.4) is 0 Å². The van der Waals surface area contributed by atoms with Crippen LogP contribution in [0.4, 0.5) is 5.69 Å². The van der Waals surface area contributed by atoms with Crippen LogP contribution in [-0.4, -0.2) is 30.4 Å². The molecule has 0 radical (unpaired) electrons. The van der Waals surface area contributed by atoms with Crippen molar-refractivity contribution in [2.24, 2.45) is 11.8 Å². The molecule has 164 valence electrons. The van der Waals surface area contributed by atoms with E-state index in [9.17, 15) is 4.79 Å². The highest BCUT2D eigenvalue weighted by Crippen LogP contribution is 2.33. The number of halogens is 1. The first-order chi connectivity index (χ1) is 14.8. The number of benzene rings is 2. The molecule has 31 heavy (non-hydrogen) atoms. The molecule has 1 aliphatic heterocycles. The molecule has 2 aromatic rings. The van der Waals surface area contributed by atoms with Gasteiger partial charge in [-0.1, -0.05) is 73.3 Å². The third-order valence-corrected chi connectivity index (χ3v) is 6.05. The van der Waals surface area contributed by atoms with E-state index in [2.05, 4.69) is 64.5 Å². The van der Waals surface area contributed by atoms with Crippen molar-refractivity contribution in [3.05, 3.63) is 83.0 Å². The summed E-state index contributed by atoms with van der Waals surface area (Å²) in [7, 11) is 0. The number of carbonyl (C=O) groups excluding carboxylic acids is 1. The van der Waals surface area contributed by atoms with Crippen molar-refractivity contribution in [3.63, 3.8) is 0 Å². The van der Waals surface area contributed by atoms with E-state index in [-0.39, 0.29) is 5.91 Å². The van der Waals surface area contributed by atoms with Crippen molar-refractivity contribution in [1.29, 1.82) is 0 Å². The molecule has 4 nitrogen and oxygen atoms in total.